The molecule has 1 aromatic heterocycles. The molecule has 0 saturated heterocycles. The molecule has 0 fully saturated rings. The van der Waals surface area contributed by atoms with Crippen LogP contribution in [0.15, 0.2) is 58.0 Å². The summed E-state index contributed by atoms with van der Waals surface area (Å²) in [6.07, 6.45) is 0. The number of para-hydroxylation sites is 1. The average molecular weight is 346 g/mol. The van der Waals surface area contributed by atoms with Gasteiger partial charge in [-0.1, -0.05) is 24.3 Å². The average Bonchev–Trinajstić information content (AvgIpc) is 2.79. The molecular formula is C16H12BrNOS. The Balaban J connectivity index is 2.11. The maximum Gasteiger partial charge on any atom is 0.143 e. The molecule has 0 bridgehead atoms. The number of fused-ring (bicyclic) bond motifs is 1. The van der Waals surface area contributed by atoms with Gasteiger partial charge in [0.25, 0.3) is 0 Å². The lowest BCUT2D eigenvalue weighted by Crippen LogP contribution is -1.90. The van der Waals surface area contributed by atoms with Gasteiger partial charge in [0.1, 0.15) is 5.75 Å². The molecule has 20 heavy (non-hydrogen) atoms. The lowest BCUT2D eigenvalue weighted by atomic mass is 10.2. The summed E-state index contributed by atoms with van der Waals surface area (Å²) in [5.74, 6) is 0.318. The van der Waals surface area contributed by atoms with Crippen LogP contribution in [-0.2, 0) is 0 Å². The molecule has 3 rings (SSSR count). The van der Waals surface area contributed by atoms with E-state index in [-0.39, 0.29) is 0 Å². The number of hydrogen-bond acceptors (Lipinski definition) is 3. The SMILES string of the molecule is CC(=Nc1ccccc1Br)c1sc2ccccc2c1O. The second-order valence-corrected chi connectivity index (χ2v) is 6.33. The summed E-state index contributed by atoms with van der Waals surface area (Å²) in [6.45, 7) is 1.92. The third kappa shape index (κ3) is 2.37. The Morgan fingerprint density at radius 2 is 1.80 bits per heavy atom. The Morgan fingerprint density at radius 1 is 1.10 bits per heavy atom. The van der Waals surface area contributed by atoms with Gasteiger partial charge in [-0.3, -0.25) is 4.99 Å². The van der Waals surface area contributed by atoms with Crippen molar-refractivity contribution in [2.75, 3.05) is 0 Å². The minimum absolute atomic E-state index is 0.318. The topological polar surface area (TPSA) is 32.6 Å². The summed E-state index contributed by atoms with van der Waals surface area (Å²) in [5.41, 5.74) is 1.68. The summed E-state index contributed by atoms with van der Waals surface area (Å²) in [7, 11) is 0. The minimum atomic E-state index is 0.318. The van der Waals surface area contributed by atoms with Crippen LogP contribution in [0.5, 0.6) is 5.75 Å². The molecule has 1 heterocycles. The van der Waals surface area contributed by atoms with Crippen molar-refractivity contribution in [2.45, 2.75) is 6.92 Å². The predicted molar refractivity (Wildman–Crippen MR) is 89.5 cm³/mol. The molecule has 0 radical (unpaired) electrons. The zero-order valence-corrected chi connectivity index (χ0v) is 13.2. The van der Waals surface area contributed by atoms with Gasteiger partial charge in [-0.05, 0) is 47.1 Å². The standard InChI is InChI=1S/C16H12BrNOS/c1-10(18-13-8-4-3-7-12(13)17)16-15(19)11-6-2-5-9-14(11)20-16/h2-9,19H,1H3. The van der Waals surface area contributed by atoms with Gasteiger partial charge in [0.05, 0.1) is 16.3 Å². The Morgan fingerprint density at radius 3 is 2.55 bits per heavy atom. The highest BCUT2D eigenvalue weighted by molar-refractivity contribution is 9.10. The first-order valence-corrected chi connectivity index (χ1v) is 7.78. The normalized spacial score (nSPS) is 12.0. The van der Waals surface area contributed by atoms with Gasteiger partial charge in [0.15, 0.2) is 0 Å². The lowest BCUT2D eigenvalue weighted by Gasteiger charge is -2.01. The third-order valence-corrected chi connectivity index (χ3v) is 4.98. The Bertz CT molecular complexity index is 807. The van der Waals surface area contributed by atoms with E-state index >= 15 is 0 Å². The number of hydrogen-bond donors (Lipinski definition) is 1. The minimum Gasteiger partial charge on any atom is -0.506 e. The van der Waals surface area contributed by atoms with Crippen LogP contribution in [0.25, 0.3) is 10.1 Å². The van der Waals surface area contributed by atoms with Gasteiger partial charge in [0.2, 0.25) is 0 Å². The summed E-state index contributed by atoms with van der Waals surface area (Å²) in [4.78, 5) is 5.43. The van der Waals surface area contributed by atoms with Crippen LogP contribution in [0, 0.1) is 0 Å². The number of thiophene rings is 1. The first-order valence-electron chi connectivity index (χ1n) is 6.17. The number of aromatic hydroxyl groups is 1. The lowest BCUT2D eigenvalue weighted by molar-refractivity contribution is 0.482. The van der Waals surface area contributed by atoms with E-state index in [4.69, 9.17) is 0 Å². The first kappa shape index (κ1) is 13.3. The first-order chi connectivity index (χ1) is 9.66. The maximum absolute atomic E-state index is 10.3. The molecule has 0 aliphatic heterocycles. The van der Waals surface area contributed by atoms with E-state index in [1.165, 1.54) is 0 Å². The van der Waals surface area contributed by atoms with Gasteiger partial charge in [-0.25, -0.2) is 0 Å². The smallest absolute Gasteiger partial charge is 0.143 e. The molecule has 0 saturated carbocycles. The molecule has 0 atom stereocenters. The number of halogens is 1. The summed E-state index contributed by atoms with van der Waals surface area (Å²) in [6, 6.07) is 15.6. The van der Waals surface area contributed by atoms with E-state index < -0.39 is 0 Å². The van der Waals surface area contributed by atoms with Crippen molar-refractivity contribution in [1.29, 1.82) is 0 Å². The molecule has 0 spiro atoms. The second-order valence-electron chi connectivity index (χ2n) is 4.42. The Kier molecular flexibility index (Phi) is 3.59. The van der Waals surface area contributed by atoms with E-state index in [1.807, 2.05) is 55.5 Å². The highest BCUT2D eigenvalue weighted by Gasteiger charge is 2.13. The fraction of sp³-hybridized carbons (Fsp3) is 0.0625. The molecular weight excluding hydrogens is 334 g/mol. The Labute approximate surface area is 129 Å². The van der Waals surface area contributed by atoms with Gasteiger partial charge in [-0.2, -0.15) is 0 Å². The molecule has 2 nitrogen and oxygen atoms in total. The largest absolute Gasteiger partial charge is 0.506 e. The molecule has 0 aliphatic carbocycles. The van der Waals surface area contributed by atoms with Crippen molar-refractivity contribution in [2.24, 2.45) is 4.99 Å². The molecule has 2 aromatic carbocycles. The fourth-order valence-corrected chi connectivity index (χ4v) is 3.47. The van der Waals surface area contributed by atoms with Gasteiger partial charge in [-0.15, -0.1) is 11.3 Å². The van der Waals surface area contributed by atoms with Crippen molar-refractivity contribution >= 4 is 48.8 Å². The maximum atomic E-state index is 10.3. The fourth-order valence-electron chi connectivity index (χ4n) is 2.05. The van der Waals surface area contributed by atoms with Crippen LogP contribution in [0.1, 0.15) is 11.8 Å². The van der Waals surface area contributed by atoms with Crippen LogP contribution in [-0.4, -0.2) is 10.8 Å². The van der Waals surface area contributed by atoms with Crippen LogP contribution < -0.4 is 0 Å². The van der Waals surface area contributed by atoms with Crippen molar-refractivity contribution in [3.63, 3.8) is 0 Å². The van der Waals surface area contributed by atoms with E-state index in [9.17, 15) is 5.11 Å². The molecule has 0 aliphatic rings. The van der Waals surface area contributed by atoms with E-state index in [0.717, 1.165) is 30.8 Å². The zero-order chi connectivity index (χ0) is 14.1. The van der Waals surface area contributed by atoms with E-state index in [0.29, 0.717) is 5.75 Å². The quantitative estimate of drug-likeness (QED) is 0.610. The molecule has 1 N–H and O–H groups in total. The van der Waals surface area contributed by atoms with Crippen molar-refractivity contribution in [3.8, 4) is 5.75 Å². The Hall–Kier alpha value is -1.65. The number of aliphatic imine (C=N–C) groups is 1. The second kappa shape index (κ2) is 5.38. The van der Waals surface area contributed by atoms with Crippen molar-refractivity contribution < 1.29 is 5.11 Å². The monoisotopic (exact) mass is 345 g/mol. The number of nitrogens with zero attached hydrogens (tertiary/aromatic N) is 1. The van der Waals surface area contributed by atoms with Crippen LogP contribution >= 0.6 is 27.3 Å². The third-order valence-electron chi connectivity index (χ3n) is 3.04. The highest BCUT2D eigenvalue weighted by atomic mass is 79.9. The molecule has 0 amide bonds. The van der Waals surface area contributed by atoms with Gasteiger partial charge >= 0.3 is 0 Å². The summed E-state index contributed by atoms with van der Waals surface area (Å²) >= 11 is 5.05. The zero-order valence-electron chi connectivity index (χ0n) is 10.8. The van der Waals surface area contributed by atoms with Crippen LogP contribution in [0.4, 0.5) is 5.69 Å². The molecule has 100 valence electrons. The number of rotatable bonds is 2. The van der Waals surface area contributed by atoms with Crippen molar-refractivity contribution in [3.05, 3.63) is 57.9 Å². The van der Waals surface area contributed by atoms with Crippen LogP contribution in [0.3, 0.4) is 0 Å². The summed E-state index contributed by atoms with van der Waals surface area (Å²) in [5, 5.41) is 11.2. The van der Waals surface area contributed by atoms with E-state index in [2.05, 4.69) is 20.9 Å². The van der Waals surface area contributed by atoms with Gasteiger partial charge < -0.3 is 5.11 Å². The van der Waals surface area contributed by atoms with Crippen molar-refractivity contribution in [1.82, 2.24) is 0 Å². The molecule has 0 unspecified atom stereocenters. The predicted octanol–water partition coefficient (Wildman–Crippen LogP) is 5.51. The molecule has 4 heteroatoms. The highest BCUT2D eigenvalue weighted by Crippen LogP contribution is 2.38. The number of benzene rings is 2. The van der Waals surface area contributed by atoms with E-state index in [1.54, 1.807) is 11.3 Å². The summed E-state index contributed by atoms with van der Waals surface area (Å²) < 4.78 is 2.02. The van der Waals surface area contributed by atoms with Crippen LogP contribution in [0.2, 0.25) is 0 Å². The van der Waals surface area contributed by atoms with Gasteiger partial charge in [0, 0.05) is 14.6 Å². The molecule has 3 aromatic rings.